The molecule has 2 aromatic heterocycles. The van der Waals surface area contributed by atoms with Gasteiger partial charge in [0.2, 0.25) is 5.78 Å². The van der Waals surface area contributed by atoms with Gasteiger partial charge in [0, 0.05) is 23.1 Å². The zero-order valence-corrected chi connectivity index (χ0v) is 18.7. The molecule has 0 fully saturated rings. The summed E-state index contributed by atoms with van der Waals surface area (Å²) in [6, 6.07) is 11.5. The smallest absolute Gasteiger partial charge is 0.312 e. The molecule has 0 saturated heterocycles. The maximum atomic E-state index is 13.5. The monoisotopic (exact) mass is 470 g/mol. The number of methoxy groups -OCH3 is 1. The van der Waals surface area contributed by atoms with Crippen LogP contribution in [-0.4, -0.2) is 18.9 Å². The minimum Gasteiger partial charge on any atom is -0.497 e. The second kappa shape index (κ2) is 7.73. The summed E-state index contributed by atoms with van der Waals surface area (Å²) < 4.78 is 28.0. The molecule has 0 saturated carbocycles. The molecular weight excluding hydrogens is 452 g/mol. The number of aryl methyl sites for hydroxylation is 1. The number of rotatable bonds is 3. The van der Waals surface area contributed by atoms with Gasteiger partial charge in [-0.3, -0.25) is 14.4 Å². The molecule has 0 amide bonds. The van der Waals surface area contributed by atoms with Gasteiger partial charge in [-0.25, -0.2) is 0 Å². The van der Waals surface area contributed by atoms with Crippen molar-refractivity contribution in [3.8, 4) is 17.2 Å². The van der Waals surface area contributed by atoms with Crippen LogP contribution in [0.5, 0.6) is 17.2 Å². The molecule has 2 aliphatic rings. The Kier molecular flexibility index (Phi) is 4.63. The molecule has 4 aromatic rings. The van der Waals surface area contributed by atoms with Crippen molar-refractivity contribution in [2.75, 3.05) is 7.11 Å². The Morgan fingerprint density at radius 1 is 1.03 bits per heavy atom. The molecule has 174 valence electrons. The van der Waals surface area contributed by atoms with Gasteiger partial charge in [-0.15, -0.1) is 0 Å². The molecule has 2 aromatic carbocycles. The van der Waals surface area contributed by atoms with Crippen molar-refractivity contribution in [3.63, 3.8) is 0 Å². The van der Waals surface area contributed by atoms with Crippen LogP contribution in [0.3, 0.4) is 0 Å². The van der Waals surface area contributed by atoms with Crippen molar-refractivity contribution in [1.82, 2.24) is 0 Å². The van der Waals surface area contributed by atoms with Crippen LogP contribution in [0.2, 0.25) is 0 Å². The summed E-state index contributed by atoms with van der Waals surface area (Å²) in [6.07, 6.45) is 2.75. The molecule has 2 aliphatic heterocycles. The normalized spacial score (nSPS) is 17.8. The van der Waals surface area contributed by atoms with Gasteiger partial charge in [0.05, 0.1) is 30.7 Å². The average molecular weight is 470 g/mol. The molecular formula is C27H18O8. The molecule has 0 unspecified atom stereocenters. The largest absolute Gasteiger partial charge is 0.497 e. The molecule has 8 heteroatoms. The number of Topliss-reactive ketones (excluding diaryl/α,β-unsaturated/α-hetero) is 1. The van der Waals surface area contributed by atoms with Crippen LogP contribution in [0.1, 0.15) is 45.3 Å². The van der Waals surface area contributed by atoms with E-state index < -0.39 is 11.9 Å². The number of furan rings is 1. The van der Waals surface area contributed by atoms with Crippen molar-refractivity contribution >= 4 is 28.8 Å². The Bertz CT molecular complexity index is 1630. The van der Waals surface area contributed by atoms with E-state index in [1.54, 1.807) is 49.4 Å². The Morgan fingerprint density at radius 2 is 1.89 bits per heavy atom. The van der Waals surface area contributed by atoms with Crippen molar-refractivity contribution < 1.29 is 32.6 Å². The number of fused-ring (bicyclic) bond motifs is 4. The fourth-order valence-electron chi connectivity index (χ4n) is 4.52. The molecule has 4 heterocycles. The number of carbonyl (C=O) groups is 2. The van der Waals surface area contributed by atoms with E-state index in [0.29, 0.717) is 39.4 Å². The maximum absolute atomic E-state index is 13.5. The van der Waals surface area contributed by atoms with Crippen LogP contribution in [0.4, 0.5) is 0 Å². The van der Waals surface area contributed by atoms with Crippen LogP contribution < -0.4 is 19.6 Å². The summed E-state index contributed by atoms with van der Waals surface area (Å²) in [5.74, 6) is 0.676. The van der Waals surface area contributed by atoms with Crippen molar-refractivity contribution in [2.45, 2.75) is 19.3 Å². The van der Waals surface area contributed by atoms with Gasteiger partial charge < -0.3 is 23.0 Å². The van der Waals surface area contributed by atoms with Gasteiger partial charge >= 0.3 is 5.97 Å². The minimum absolute atomic E-state index is 0.0775. The van der Waals surface area contributed by atoms with E-state index in [4.69, 9.17) is 23.0 Å². The number of hydrogen-bond donors (Lipinski definition) is 0. The van der Waals surface area contributed by atoms with Gasteiger partial charge in [0.1, 0.15) is 34.4 Å². The third kappa shape index (κ3) is 3.33. The highest BCUT2D eigenvalue weighted by molar-refractivity contribution is 6.15. The van der Waals surface area contributed by atoms with E-state index in [0.717, 1.165) is 0 Å². The summed E-state index contributed by atoms with van der Waals surface area (Å²) in [4.78, 5) is 39.0. The average Bonchev–Trinajstić information content (AvgIpc) is 3.41. The lowest BCUT2D eigenvalue weighted by molar-refractivity contribution is -0.135. The molecule has 0 bridgehead atoms. The number of benzene rings is 2. The Balaban J connectivity index is 1.51. The third-order valence-corrected chi connectivity index (χ3v) is 6.20. The Hall–Kier alpha value is -4.59. The fraction of sp³-hybridized carbons (Fsp3) is 0.148. The van der Waals surface area contributed by atoms with E-state index in [1.165, 1.54) is 19.4 Å². The van der Waals surface area contributed by atoms with Gasteiger partial charge in [0.25, 0.3) is 0 Å². The predicted octanol–water partition coefficient (Wildman–Crippen LogP) is 4.76. The van der Waals surface area contributed by atoms with Crippen molar-refractivity contribution in [2.24, 2.45) is 0 Å². The zero-order chi connectivity index (χ0) is 24.3. The standard InChI is InChI=1S/C27H18O8/c1-13-3-4-15(33-13)10-22-26(30)16-6-8-21-24(27(16)35-22)17(11-23(28)34-21)19-12-32-20-7-5-14(31-2)9-18(20)25(19)29/h3-10,12,17H,11H2,1-2H3/b22-10-/t17-/m1/s1. The van der Waals surface area contributed by atoms with E-state index in [-0.39, 0.29) is 40.5 Å². The number of ketones is 1. The lowest BCUT2D eigenvalue weighted by Gasteiger charge is -2.25. The van der Waals surface area contributed by atoms with Crippen LogP contribution in [0.25, 0.3) is 17.0 Å². The summed E-state index contributed by atoms with van der Waals surface area (Å²) in [6.45, 7) is 1.80. The van der Waals surface area contributed by atoms with Crippen LogP contribution in [0, 0.1) is 6.92 Å². The highest BCUT2D eigenvalue weighted by Gasteiger charge is 2.39. The molecule has 8 nitrogen and oxygen atoms in total. The molecule has 1 atom stereocenters. The molecule has 0 aliphatic carbocycles. The van der Waals surface area contributed by atoms with Crippen molar-refractivity contribution in [1.29, 1.82) is 0 Å². The number of hydrogen-bond acceptors (Lipinski definition) is 8. The van der Waals surface area contributed by atoms with Crippen LogP contribution in [0.15, 0.2) is 68.1 Å². The summed E-state index contributed by atoms with van der Waals surface area (Å²) >= 11 is 0. The molecule has 0 spiro atoms. The number of allylic oxidation sites excluding steroid dienone is 1. The molecule has 0 N–H and O–H groups in total. The first-order valence-electron chi connectivity index (χ1n) is 10.9. The van der Waals surface area contributed by atoms with E-state index >= 15 is 0 Å². The fourth-order valence-corrected chi connectivity index (χ4v) is 4.52. The summed E-state index contributed by atoms with van der Waals surface area (Å²) in [5.41, 5.74) is 1.10. The lowest BCUT2D eigenvalue weighted by atomic mass is 9.85. The quantitative estimate of drug-likeness (QED) is 0.240. The zero-order valence-electron chi connectivity index (χ0n) is 18.7. The minimum atomic E-state index is -0.731. The van der Waals surface area contributed by atoms with Crippen LogP contribution >= 0.6 is 0 Å². The van der Waals surface area contributed by atoms with Gasteiger partial charge in [-0.2, -0.15) is 0 Å². The third-order valence-electron chi connectivity index (χ3n) is 6.20. The first-order valence-corrected chi connectivity index (χ1v) is 10.9. The first kappa shape index (κ1) is 21.0. The highest BCUT2D eigenvalue weighted by atomic mass is 16.5. The molecule has 6 rings (SSSR count). The van der Waals surface area contributed by atoms with Gasteiger partial charge in [-0.1, -0.05) is 0 Å². The van der Waals surface area contributed by atoms with E-state index in [9.17, 15) is 14.4 Å². The highest BCUT2D eigenvalue weighted by Crippen LogP contribution is 2.48. The van der Waals surface area contributed by atoms with Gasteiger partial charge in [-0.05, 0) is 49.4 Å². The van der Waals surface area contributed by atoms with E-state index in [2.05, 4.69) is 0 Å². The lowest BCUT2D eigenvalue weighted by Crippen LogP contribution is -2.25. The second-order valence-corrected chi connectivity index (χ2v) is 8.36. The van der Waals surface area contributed by atoms with Crippen LogP contribution in [-0.2, 0) is 4.79 Å². The summed E-state index contributed by atoms with van der Waals surface area (Å²) in [7, 11) is 1.51. The van der Waals surface area contributed by atoms with Gasteiger partial charge in [0.15, 0.2) is 11.2 Å². The molecule has 0 radical (unpaired) electrons. The topological polar surface area (TPSA) is 105 Å². The summed E-state index contributed by atoms with van der Waals surface area (Å²) in [5, 5.41) is 0.320. The maximum Gasteiger partial charge on any atom is 0.312 e. The number of carbonyl (C=O) groups excluding carboxylic acids is 2. The number of ether oxygens (including phenoxy) is 3. The van der Waals surface area contributed by atoms with Crippen molar-refractivity contribution in [3.05, 3.63) is 92.9 Å². The SMILES string of the molecule is COc1ccc2occ([C@H]3CC(=O)Oc4ccc5c(c43)O/C(=C\c3ccc(C)o3)C5=O)c(=O)c2c1. The molecule has 35 heavy (non-hydrogen) atoms. The Labute approximate surface area is 198 Å². The predicted molar refractivity (Wildman–Crippen MR) is 124 cm³/mol. The number of esters is 1. The van der Waals surface area contributed by atoms with E-state index in [1.807, 2.05) is 0 Å². The Morgan fingerprint density at radius 3 is 2.66 bits per heavy atom. The first-order chi connectivity index (χ1) is 16.9. The second-order valence-electron chi connectivity index (χ2n) is 8.36.